The van der Waals surface area contributed by atoms with E-state index in [0.717, 1.165) is 76.0 Å². The van der Waals surface area contributed by atoms with Gasteiger partial charge >= 0.3 is 5.97 Å². The number of nitrogens with zero attached hydrogens (tertiary/aromatic N) is 2. The fourth-order valence-electron chi connectivity index (χ4n) is 4.72. The number of benzene rings is 1. The molecular weight excluding hydrogens is 525 g/mol. The summed E-state index contributed by atoms with van der Waals surface area (Å²) in [5.74, 6) is 2.42. The van der Waals surface area contributed by atoms with Gasteiger partial charge in [0.2, 0.25) is 6.79 Å². The van der Waals surface area contributed by atoms with E-state index in [2.05, 4.69) is 27.3 Å². The topological polar surface area (TPSA) is 81.6 Å². The van der Waals surface area contributed by atoms with Crippen LogP contribution in [0.2, 0.25) is 0 Å². The van der Waals surface area contributed by atoms with Gasteiger partial charge in [-0.3, -0.25) is 9.79 Å². The molecule has 0 atom stereocenters. The van der Waals surface area contributed by atoms with Gasteiger partial charge in [-0.05, 0) is 50.3 Å². The molecule has 178 valence electrons. The lowest BCUT2D eigenvalue weighted by Gasteiger charge is -2.40. The minimum atomic E-state index is -0.0749. The molecular formula is C23H34IN3O5. The van der Waals surface area contributed by atoms with Crippen molar-refractivity contribution in [2.45, 2.75) is 38.0 Å². The van der Waals surface area contributed by atoms with Crippen LogP contribution >= 0.6 is 24.0 Å². The van der Waals surface area contributed by atoms with Crippen LogP contribution in [0, 0.1) is 5.92 Å². The van der Waals surface area contributed by atoms with Gasteiger partial charge in [-0.1, -0.05) is 6.07 Å². The molecule has 3 aliphatic heterocycles. The zero-order valence-corrected chi connectivity index (χ0v) is 21.3. The number of piperidine rings is 1. The number of carbonyl (C=O) groups is 1. The van der Waals surface area contributed by atoms with E-state index in [1.165, 1.54) is 5.56 Å². The van der Waals surface area contributed by atoms with E-state index >= 15 is 0 Å². The standard InChI is InChI=1S/C23H33N3O5.HI/c1-3-29-21(27)17-6-10-26(11-7-17)22(24-2)25-15-23(8-12-28-13-9-23)18-4-5-19-20(14-18)31-16-30-19;/h4-5,14,17H,3,6-13,15-16H2,1-2H3,(H,24,25);1H. The Morgan fingerprint density at radius 2 is 1.94 bits per heavy atom. The highest BCUT2D eigenvalue weighted by Gasteiger charge is 2.36. The van der Waals surface area contributed by atoms with Crippen molar-refractivity contribution in [1.82, 2.24) is 10.2 Å². The Morgan fingerprint density at radius 3 is 2.62 bits per heavy atom. The van der Waals surface area contributed by atoms with Crippen LogP contribution < -0.4 is 14.8 Å². The molecule has 3 heterocycles. The second kappa shape index (κ2) is 11.4. The molecule has 0 saturated carbocycles. The molecule has 1 aromatic carbocycles. The van der Waals surface area contributed by atoms with Gasteiger partial charge in [0.15, 0.2) is 17.5 Å². The molecule has 1 aromatic rings. The molecule has 0 aliphatic carbocycles. The third-order valence-electron chi connectivity index (χ3n) is 6.65. The number of hydrogen-bond acceptors (Lipinski definition) is 6. The molecule has 2 saturated heterocycles. The Morgan fingerprint density at radius 1 is 1.22 bits per heavy atom. The minimum absolute atomic E-state index is 0. The zero-order chi connectivity index (χ0) is 21.7. The van der Waals surface area contributed by atoms with Gasteiger partial charge in [-0.25, -0.2) is 0 Å². The van der Waals surface area contributed by atoms with Crippen LogP contribution in [-0.4, -0.2) is 70.1 Å². The van der Waals surface area contributed by atoms with Crippen molar-refractivity contribution in [1.29, 1.82) is 0 Å². The lowest BCUT2D eigenvalue weighted by Crippen LogP contribution is -2.51. The van der Waals surface area contributed by atoms with Crippen molar-refractivity contribution < 1.29 is 23.7 Å². The first-order valence-corrected chi connectivity index (χ1v) is 11.3. The van der Waals surface area contributed by atoms with Crippen molar-refractivity contribution in [2.75, 3.05) is 53.3 Å². The van der Waals surface area contributed by atoms with E-state index in [1.807, 2.05) is 20.0 Å². The van der Waals surface area contributed by atoms with Gasteiger partial charge in [0.25, 0.3) is 0 Å². The SMILES string of the molecule is CCOC(=O)C1CCN(C(=NC)NCC2(c3ccc4c(c3)OCO4)CCOCC2)CC1.I. The van der Waals surface area contributed by atoms with E-state index in [9.17, 15) is 4.79 Å². The normalized spacial score (nSPS) is 20.4. The van der Waals surface area contributed by atoms with E-state index < -0.39 is 0 Å². The molecule has 0 radical (unpaired) electrons. The Bertz CT molecular complexity index is 805. The van der Waals surface area contributed by atoms with Gasteiger partial charge in [0, 0.05) is 45.3 Å². The molecule has 8 nitrogen and oxygen atoms in total. The van der Waals surface area contributed by atoms with Crippen molar-refractivity contribution >= 4 is 35.9 Å². The Kier molecular flexibility index (Phi) is 8.87. The summed E-state index contributed by atoms with van der Waals surface area (Å²) >= 11 is 0. The number of rotatable bonds is 5. The van der Waals surface area contributed by atoms with Gasteiger partial charge in [0.1, 0.15) is 0 Å². The highest BCUT2D eigenvalue weighted by Crippen LogP contribution is 2.40. The fraction of sp³-hybridized carbons (Fsp3) is 0.652. The Labute approximate surface area is 207 Å². The van der Waals surface area contributed by atoms with Gasteiger partial charge in [-0.2, -0.15) is 0 Å². The molecule has 0 spiro atoms. The molecule has 1 N–H and O–H groups in total. The van der Waals surface area contributed by atoms with Crippen LogP contribution in [0.3, 0.4) is 0 Å². The average molecular weight is 559 g/mol. The third-order valence-corrected chi connectivity index (χ3v) is 6.65. The fourth-order valence-corrected chi connectivity index (χ4v) is 4.72. The van der Waals surface area contributed by atoms with Crippen LogP contribution in [0.1, 0.15) is 38.2 Å². The summed E-state index contributed by atoms with van der Waals surface area (Å²) in [6.45, 7) is 6.40. The van der Waals surface area contributed by atoms with Crippen LogP contribution in [0.4, 0.5) is 0 Å². The summed E-state index contributed by atoms with van der Waals surface area (Å²) in [5.41, 5.74) is 1.18. The zero-order valence-electron chi connectivity index (χ0n) is 18.9. The van der Waals surface area contributed by atoms with Crippen LogP contribution in [0.5, 0.6) is 11.5 Å². The predicted octanol–water partition coefficient (Wildman–Crippen LogP) is 2.93. The maximum atomic E-state index is 12.0. The van der Waals surface area contributed by atoms with Crippen LogP contribution in [0.25, 0.3) is 0 Å². The third kappa shape index (κ3) is 5.41. The number of nitrogens with one attached hydrogen (secondary N) is 1. The molecule has 0 unspecified atom stereocenters. The highest BCUT2D eigenvalue weighted by atomic mass is 127. The van der Waals surface area contributed by atoms with Crippen molar-refractivity contribution in [3.63, 3.8) is 0 Å². The quantitative estimate of drug-likeness (QED) is 0.257. The summed E-state index contributed by atoms with van der Waals surface area (Å²) in [6, 6.07) is 6.26. The second-order valence-electron chi connectivity index (χ2n) is 8.37. The Balaban J connectivity index is 0.00000289. The van der Waals surface area contributed by atoms with E-state index in [0.29, 0.717) is 6.61 Å². The maximum Gasteiger partial charge on any atom is 0.309 e. The number of likely N-dealkylation sites (tertiary alicyclic amines) is 1. The highest BCUT2D eigenvalue weighted by molar-refractivity contribution is 14.0. The monoisotopic (exact) mass is 559 g/mol. The predicted molar refractivity (Wildman–Crippen MR) is 132 cm³/mol. The average Bonchev–Trinajstić information content (AvgIpc) is 3.29. The lowest BCUT2D eigenvalue weighted by atomic mass is 9.74. The first-order valence-electron chi connectivity index (χ1n) is 11.3. The van der Waals surface area contributed by atoms with E-state index in [4.69, 9.17) is 18.9 Å². The number of ether oxygens (including phenoxy) is 4. The minimum Gasteiger partial charge on any atom is -0.466 e. The molecule has 4 rings (SSSR count). The molecule has 0 bridgehead atoms. The van der Waals surface area contributed by atoms with E-state index in [-0.39, 0.29) is 48.1 Å². The smallest absolute Gasteiger partial charge is 0.309 e. The Hall–Kier alpha value is -1.75. The summed E-state index contributed by atoms with van der Waals surface area (Å²) < 4.78 is 22.0. The molecule has 0 amide bonds. The molecule has 3 aliphatic rings. The van der Waals surface area contributed by atoms with Crippen molar-refractivity contribution in [2.24, 2.45) is 10.9 Å². The lowest BCUT2D eigenvalue weighted by molar-refractivity contribution is -0.149. The summed E-state index contributed by atoms with van der Waals surface area (Å²) in [4.78, 5) is 18.8. The second-order valence-corrected chi connectivity index (χ2v) is 8.37. The van der Waals surface area contributed by atoms with Gasteiger partial charge in [-0.15, -0.1) is 24.0 Å². The van der Waals surface area contributed by atoms with Crippen molar-refractivity contribution in [3.05, 3.63) is 23.8 Å². The number of aliphatic imine (C=N–C) groups is 1. The van der Waals surface area contributed by atoms with Gasteiger partial charge < -0.3 is 29.2 Å². The number of carbonyl (C=O) groups excluding carboxylic acids is 1. The van der Waals surface area contributed by atoms with Crippen molar-refractivity contribution in [3.8, 4) is 11.5 Å². The summed E-state index contributed by atoms with van der Waals surface area (Å²) in [7, 11) is 1.82. The van der Waals surface area contributed by atoms with Gasteiger partial charge in [0.05, 0.1) is 12.5 Å². The number of esters is 1. The van der Waals surface area contributed by atoms with Crippen LogP contribution in [0.15, 0.2) is 23.2 Å². The summed E-state index contributed by atoms with van der Waals surface area (Å²) in [5, 5.41) is 3.62. The first kappa shape index (κ1) is 24.9. The first-order chi connectivity index (χ1) is 15.1. The molecule has 9 heteroatoms. The number of guanidine groups is 1. The molecule has 0 aromatic heterocycles. The number of halogens is 1. The largest absolute Gasteiger partial charge is 0.466 e. The maximum absolute atomic E-state index is 12.0. The molecule has 32 heavy (non-hydrogen) atoms. The molecule has 2 fully saturated rings. The van der Waals surface area contributed by atoms with Crippen LogP contribution in [-0.2, 0) is 19.7 Å². The number of hydrogen-bond donors (Lipinski definition) is 1. The van der Waals surface area contributed by atoms with E-state index in [1.54, 1.807) is 0 Å². The summed E-state index contributed by atoms with van der Waals surface area (Å²) in [6.07, 6.45) is 3.45. The number of fused-ring (bicyclic) bond motifs is 1.